The van der Waals surface area contributed by atoms with Crippen LogP contribution in [0.4, 0.5) is 0 Å². The molecule has 1 nitrogen and oxygen atoms in total. The van der Waals surface area contributed by atoms with Crippen molar-refractivity contribution in [2.45, 2.75) is 57.5 Å². The van der Waals surface area contributed by atoms with Gasteiger partial charge in [-0.2, -0.15) is 0 Å². The molecule has 3 fully saturated rings. The van der Waals surface area contributed by atoms with E-state index in [1.807, 2.05) is 0 Å². The third-order valence-electron chi connectivity index (χ3n) is 5.51. The molecule has 1 heteroatoms. The van der Waals surface area contributed by atoms with Crippen LogP contribution in [-0.4, -0.2) is 10.7 Å². The summed E-state index contributed by atoms with van der Waals surface area (Å²) in [4.78, 5) is 0. The van der Waals surface area contributed by atoms with E-state index in [1.165, 1.54) is 44.9 Å². The first kappa shape index (κ1) is 8.28. The second kappa shape index (κ2) is 2.31. The lowest BCUT2D eigenvalue weighted by Crippen LogP contribution is -2.48. The van der Waals surface area contributed by atoms with Gasteiger partial charge in [-0.25, -0.2) is 0 Å². The number of fused-ring (bicyclic) bond motifs is 3. The molecular weight excluding hydrogens is 160 g/mol. The van der Waals surface area contributed by atoms with Crippen molar-refractivity contribution < 1.29 is 5.11 Å². The van der Waals surface area contributed by atoms with E-state index < -0.39 is 0 Å². The van der Waals surface area contributed by atoms with E-state index in [-0.39, 0.29) is 5.60 Å². The molecular formula is C12H20O. The molecule has 0 aromatic heterocycles. The van der Waals surface area contributed by atoms with Gasteiger partial charge < -0.3 is 5.11 Å². The lowest BCUT2D eigenvalue weighted by molar-refractivity contribution is -0.106. The minimum Gasteiger partial charge on any atom is -0.389 e. The van der Waals surface area contributed by atoms with Crippen LogP contribution < -0.4 is 0 Å². The fraction of sp³-hybridized carbons (Fsp3) is 1.00. The van der Waals surface area contributed by atoms with Crippen LogP contribution in [-0.2, 0) is 0 Å². The predicted octanol–water partition coefficient (Wildman–Crippen LogP) is 2.73. The minimum atomic E-state index is -0.313. The Balaban J connectivity index is 2.02. The molecule has 0 unspecified atom stereocenters. The molecule has 13 heavy (non-hydrogen) atoms. The van der Waals surface area contributed by atoms with E-state index in [0.717, 1.165) is 5.92 Å². The standard InChI is InChI=1S/C12H20O/c1-11(13)9-4-5-10(8-9)12(11)6-2-3-7-12/h9-10,13H,2-8H2,1H3/t9-,10+,11-/m1/s1. The minimum absolute atomic E-state index is 0.313. The van der Waals surface area contributed by atoms with Gasteiger partial charge in [-0.15, -0.1) is 0 Å². The Morgan fingerprint density at radius 2 is 1.69 bits per heavy atom. The molecule has 3 rings (SSSR count). The summed E-state index contributed by atoms with van der Waals surface area (Å²) in [6.45, 7) is 2.13. The highest BCUT2D eigenvalue weighted by Gasteiger charge is 2.64. The lowest BCUT2D eigenvalue weighted by atomic mass is 9.63. The summed E-state index contributed by atoms with van der Waals surface area (Å²) in [6, 6.07) is 0. The highest BCUT2D eigenvalue weighted by Crippen LogP contribution is 2.67. The van der Waals surface area contributed by atoms with Gasteiger partial charge in [-0.05, 0) is 50.9 Å². The fourth-order valence-electron chi connectivity index (χ4n) is 4.73. The smallest absolute Gasteiger partial charge is 0.0706 e. The van der Waals surface area contributed by atoms with Crippen molar-refractivity contribution in [1.29, 1.82) is 0 Å². The Hall–Kier alpha value is -0.0400. The van der Waals surface area contributed by atoms with E-state index in [9.17, 15) is 5.11 Å². The fourth-order valence-corrected chi connectivity index (χ4v) is 4.73. The Bertz CT molecular complexity index is 225. The van der Waals surface area contributed by atoms with Gasteiger partial charge in [0.25, 0.3) is 0 Å². The van der Waals surface area contributed by atoms with Crippen LogP contribution >= 0.6 is 0 Å². The summed E-state index contributed by atoms with van der Waals surface area (Å²) in [7, 11) is 0. The highest BCUT2D eigenvalue weighted by atomic mass is 16.3. The first-order chi connectivity index (χ1) is 6.17. The molecule has 0 radical (unpaired) electrons. The summed E-state index contributed by atoms with van der Waals surface area (Å²) >= 11 is 0. The first-order valence-electron chi connectivity index (χ1n) is 5.89. The van der Waals surface area contributed by atoms with Gasteiger partial charge in [0.05, 0.1) is 5.60 Å². The topological polar surface area (TPSA) is 20.2 Å². The SMILES string of the molecule is C[C@@]1(O)[C@@H]2CC[C@@H](C2)C12CCCC2. The summed E-state index contributed by atoms with van der Waals surface area (Å²) < 4.78 is 0. The maximum Gasteiger partial charge on any atom is 0.0706 e. The Labute approximate surface area is 80.5 Å². The summed E-state index contributed by atoms with van der Waals surface area (Å²) in [5, 5.41) is 10.6. The molecule has 3 atom stereocenters. The van der Waals surface area contributed by atoms with Gasteiger partial charge in [0.15, 0.2) is 0 Å². The summed E-state index contributed by atoms with van der Waals surface area (Å²) in [6.07, 6.45) is 9.36. The molecule has 0 heterocycles. The summed E-state index contributed by atoms with van der Waals surface area (Å²) in [5.74, 6) is 1.51. The third kappa shape index (κ3) is 0.782. The summed E-state index contributed by atoms with van der Waals surface area (Å²) in [5.41, 5.74) is 0.0440. The number of rotatable bonds is 0. The zero-order chi connectivity index (χ0) is 9.10. The van der Waals surface area contributed by atoms with Crippen LogP contribution in [0.1, 0.15) is 51.9 Å². The second-order valence-corrected chi connectivity index (χ2v) is 5.72. The van der Waals surface area contributed by atoms with E-state index in [1.54, 1.807) is 0 Å². The van der Waals surface area contributed by atoms with Crippen molar-refractivity contribution in [2.24, 2.45) is 17.3 Å². The van der Waals surface area contributed by atoms with Crippen molar-refractivity contribution in [1.82, 2.24) is 0 Å². The van der Waals surface area contributed by atoms with Gasteiger partial charge in [0.2, 0.25) is 0 Å². The molecule has 3 aliphatic carbocycles. The van der Waals surface area contributed by atoms with Gasteiger partial charge in [0.1, 0.15) is 0 Å². The van der Waals surface area contributed by atoms with Gasteiger partial charge in [-0.3, -0.25) is 0 Å². The third-order valence-corrected chi connectivity index (χ3v) is 5.51. The first-order valence-corrected chi connectivity index (χ1v) is 5.89. The molecule has 0 saturated heterocycles. The van der Waals surface area contributed by atoms with Crippen molar-refractivity contribution in [3.8, 4) is 0 Å². The van der Waals surface area contributed by atoms with Crippen LogP contribution in [0.5, 0.6) is 0 Å². The largest absolute Gasteiger partial charge is 0.389 e. The maximum atomic E-state index is 10.6. The van der Waals surface area contributed by atoms with Crippen molar-refractivity contribution in [3.63, 3.8) is 0 Å². The van der Waals surface area contributed by atoms with Crippen LogP contribution in [0.2, 0.25) is 0 Å². The van der Waals surface area contributed by atoms with Crippen LogP contribution in [0.15, 0.2) is 0 Å². The molecule has 0 aliphatic heterocycles. The molecule has 3 aliphatic rings. The molecule has 2 bridgehead atoms. The molecule has 1 N–H and O–H groups in total. The molecule has 0 amide bonds. The number of hydrogen-bond acceptors (Lipinski definition) is 1. The Morgan fingerprint density at radius 3 is 2.23 bits per heavy atom. The normalized spacial score (nSPS) is 52.2. The average Bonchev–Trinajstić information content (AvgIpc) is 2.75. The van der Waals surface area contributed by atoms with Crippen LogP contribution in [0.25, 0.3) is 0 Å². The van der Waals surface area contributed by atoms with E-state index in [4.69, 9.17) is 0 Å². The molecule has 74 valence electrons. The molecule has 1 spiro atoms. The Kier molecular flexibility index (Phi) is 1.47. The van der Waals surface area contributed by atoms with Crippen molar-refractivity contribution in [2.75, 3.05) is 0 Å². The van der Waals surface area contributed by atoms with Gasteiger partial charge in [0, 0.05) is 5.41 Å². The number of hydrogen-bond donors (Lipinski definition) is 1. The maximum absolute atomic E-state index is 10.6. The van der Waals surface area contributed by atoms with Crippen LogP contribution in [0, 0.1) is 17.3 Å². The van der Waals surface area contributed by atoms with Crippen molar-refractivity contribution >= 4 is 0 Å². The van der Waals surface area contributed by atoms with Gasteiger partial charge in [-0.1, -0.05) is 12.8 Å². The van der Waals surface area contributed by atoms with Crippen molar-refractivity contribution in [3.05, 3.63) is 0 Å². The zero-order valence-electron chi connectivity index (χ0n) is 8.55. The molecule has 3 saturated carbocycles. The Morgan fingerprint density at radius 1 is 1.08 bits per heavy atom. The average molecular weight is 180 g/mol. The predicted molar refractivity (Wildman–Crippen MR) is 52.4 cm³/mol. The lowest BCUT2D eigenvalue weighted by Gasteiger charge is -2.46. The highest BCUT2D eigenvalue weighted by molar-refractivity contribution is 5.14. The monoisotopic (exact) mass is 180 g/mol. The van der Waals surface area contributed by atoms with Crippen LogP contribution in [0.3, 0.4) is 0 Å². The molecule has 0 aromatic rings. The quantitative estimate of drug-likeness (QED) is 0.607. The van der Waals surface area contributed by atoms with E-state index >= 15 is 0 Å². The van der Waals surface area contributed by atoms with E-state index in [0.29, 0.717) is 11.3 Å². The van der Waals surface area contributed by atoms with Gasteiger partial charge >= 0.3 is 0 Å². The number of aliphatic hydroxyl groups is 1. The van der Waals surface area contributed by atoms with E-state index in [2.05, 4.69) is 6.92 Å². The molecule has 0 aromatic carbocycles. The second-order valence-electron chi connectivity index (χ2n) is 5.72. The zero-order valence-corrected chi connectivity index (χ0v) is 8.55.